The van der Waals surface area contributed by atoms with Gasteiger partial charge in [0.2, 0.25) is 0 Å². The summed E-state index contributed by atoms with van der Waals surface area (Å²) in [4.78, 5) is 2.26. The fraction of sp³-hybridized carbons (Fsp3) is 0.455. The van der Waals surface area contributed by atoms with E-state index in [1.165, 1.54) is 0 Å². The van der Waals surface area contributed by atoms with Gasteiger partial charge in [-0.15, -0.1) is 0 Å². The Kier molecular flexibility index (Phi) is 4.23. The molecule has 1 aromatic rings. The van der Waals surface area contributed by atoms with Crippen LogP contribution in [0.5, 0.6) is 0 Å². The Labute approximate surface area is 90.7 Å². The molecule has 1 rings (SSSR count). The first-order valence-corrected chi connectivity index (χ1v) is 5.34. The number of halogens is 1. The third-order valence-corrected chi connectivity index (χ3v) is 2.76. The summed E-state index contributed by atoms with van der Waals surface area (Å²) >= 11 is 6.08. The second kappa shape index (κ2) is 5.23. The molecule has 0 saturated carbocycles. The Balaban J connectivity index is 3.11. The lowest BCUT2D eigenvalue weighted by Crippen LogP contribution is -2.23. The average molecular weight is 213 g/mol. The van der Waals surface area contributed by atoms with E-state index in [1.807, 2.05) is 12.1 Å². The van der Waals surface area contributed by atoms with E-state index >= 15 is 0 Å². The highest BCUT2D eigenvalue weighted by molar-refractivity contribution is 6.31. The number of hydrogen-bond donors (Lipinski definition) is 1. The second-order valence-electron chi connectivity index (χ2n) is 3.11. The molecular formula is C11H17ClN2. The third-order valence-electron chi connectivity index (χ3n) is 2.40. The zero-order valence-electron chi connectivity index (χ0n) is 8.76. The van der Waals surface area contributed by atoms with Crippen molar-refractivity contribution < 1.29 is 0 Å². The summed E-state index contributed by atoms with van der Waals surface area (Å²) in [5.74, 6) is 0. The minimum absolute atomic E-state index is 0.492. The fourth-order valence-electron chi connectivity index (χ4n) is 1.61. The quantitative estimate of drug-likeness (QED) is 0.832. The van der Waals surface area contributed by atoms with E-state index in [1.54, 1.807) is 0 Å². The molecule has 0 aliphatic heterocycles. The Morgan fingerprint density at radius 2 is 1.93 bits per heavy atom. The molecule has 0 amide bonds. The molecule has 0 heterocycles. The van der Waals surface area contributed by atoms with Gasteiger partial charge in [0.1, 0.15) is 0 Å². The van der Waals surface area contributed by atoms with Gasteiger partial charge >= 0.3 is 0 Å². The van der Waals surface area contributed by atoms with Crippen molar-refractivity contribution in [3.8, 4) is 0 Å². The number of benzene rings is 1. The molecule has 1 aromatic carbocycles. The molecule has 0 fully saturated rings. The van der Waals surface area contributed by atoms with E-state index in [4.69, 9.17) is 17.3 Å². The molecule has 78 valence electrons. The first kappa shape index (κ1) is 11.3. The van der Waals surface area contributed by atoms with Gasteiger partial charge in [-0.2, -0.15) is 0 Å². The van der Waals surface area contributed by atoms with Gasteiger partial charge in [0.15, 0.2) is 0 Å². The maximum absolute atomic E-state index is 6.08. The van der Waals surface area contributed by atoms with Crippen LogP contribution in [-0.2, 0) is 6.54 Å². The average Bonchev–Trinajstić information content (AvgIpc) is 2.20. The van der Waals surface area contributed by atoms with Gasteiger partial charge in [0.25, 0.3) is 0 Å². The number of anilines is 1. The van der Waals surface area contributed by atoms with Crippen LogP contribution >= 0.6 is 11.6 Å². The smallest absolute Gasteiger partial charge is 0.0471 e. The van der Waals surface area contributed by atoms with Gasteiger partial charge in [0.05, 0.1) is 0 Å². The highest BCUT2D eigenvalue weighted by Crippen LogP contribution is 2.26. The SMILES string of the molecule is CCN(CC)c1cccc(Cl)c1CN. The van der Waals surface area contributed by atoms with E-state index in [0.29, 0.717) is 6.54 Å². The van der Waals surface area contributed by atoms with Gasteiger partial charge in [-0.05, 0) is 26.0 Å². The molecule has 0 bridgehead atoms. The monoisotopic (exact) mass is 212 g/mol. The molecule has 2 nitrogen and oxygen atoms in total. The minimum Gasteiger partial charge on any atom is -0.372 e. The molecule has 0 saturated heterocycles. The molecular weight excluding hydrogens is 196 g/mol. The maximum Gasteiger partial charge on any atom is 0.0471 e. The zero-order valence-corrected chi connectivity index (χ0v) is 9.51. The fourth-order valence-corrected chi connectivity index (χ4v) is 1.86. The van der Waals surface area contributed by atoms with Gasteiger partial charge in [-0.1, -0.05) is 17.7 Å². The van der Waals surface area contributed by atoms with Crippen LogP contribution in [0.1, 0.15) is 19.4 Å². The van der Waals surface area contributed by atoms with Crippen molar-refractivity contribution in [2.45, 2.75) is 20.4 Å². The van der Waals surface area contributed by atoms with Gasteiger partial charge in [0, 0.05) is 35.9 Å². The van der Waals surface area contributed by atoms with Crippen molar-refractivity contribution in [2.75, 3.05) is 18.0 Å². The van der Waals surface area contributed by atoms with Gasteiger partial charge in [-0.3, -0.25) is 0 Å². The molecule has 3 heteroatoms. The largest absolute Gasteiger partial charge is 0.372 e. The summed E-state index contributed by atoms with van der Waals surface area (Å²) in [6, 6.07) is 5.92. The first-order valence-electron chi connectivity index (χ1n) is 4.97. The molecule has 14 heavy (non-hydrogen) atoms. The number of hydrogen-bond acceptors (Lipinski definition) is 2. The summed E-state index contributed by atoms with van der Waals surface area (Å²) in [5.41, 5.74) is 7.88. The predicted molar refractivity (Wildman–Crippen MR) is 62.9 cm³/mol. The van der Waals surface area contributed by atoms with Crippen LogP contribution in [0.15, 0.2) is 18.2 Å². The van der Waals surface area contributed by atoms with E-state index < -0.39 is 0 Å². The lowest BCUT2D eigenvalue weighted by atomic mass is 10.1. The van der Waals surface area contributed by atoms with Crippen molar-refractivity contribution in [1.29, 1.82) is 0 Å². The van der Waals surface area contributed by atoms with Crippen molar-refractivity contribution in [2.24, 2.45) is 5.73 Å². The van der Waals surface area contributed by atoms with Crippen LogP contribution in [0.2, 0.25) is 5.02 Å². The van der Waals surface area contributed by atoms with Gasteiger partial charge in [-0.25, -0.2) is 0 Å². The van der Waals surface area contributed by atoms with Gasteiger partial charge < -0.3 is 10.6 Å². The number of nitrogens with zero attached hydrogens (tertiary/aromatic N) is 1. The summed E-state index contributed by atoms with van der Waals surface area (Å²) in [7, 11) is 0. The van der Waals surface area contributed by atoms with Crippen molar-refractivity contribution in [3.63, 3.8) is 0 Å². The highest BCUT2D eigenvalue weighted by Gasteiger charge is 2.09. The number of nitrogens with two attached hydrogens (primary N) is 1. The molecule has 0 unspecified atom stereocenters. The van der Waals surface area contributed by atoms with Crippen LogP contribution in [0.25, 0.3) is 0 Å². The predicted octanol–water partition coefficient (Wildman–Crippen LogP) is 2.64. The van der Waals surface area contributed by atoms with E-state index in [2.05, 4.69) is 24.8 Å². The Morgan fingerprint density at radius 1 is 1.29 bits per heavy atom. The van der Waals surface area contributed by atoms with Crippen LogP contribution in [-0.4, -0.2) is 13.1 Å². The molecule has 2 N–H and O–H groups in total. The van der Waals surface area contributed by atoms with E-state index in [9.17, 15) is 0 Å². The second-order valence-corrected chi connectivity index (χ2v) is 3.52. The molecule has 0 aliphatic rings. The minimum atomic E-state index is 0.492. The Hall–Kier alpha value is -0.730. The van der Waals surface area contributed by atoms with E-state index in [-0.39, 0.29) is 0 Å². The number of rotatable bonds is 4. The lowest BCUT2D eigenvalue weighted by Gasteiger charge is -2.24. The van der Waals surface area contributed by atoms with Crippen LogP contribution in [0.4, 0.5) is 5.69 Å². The molecule has 0 radical (unpaired) electrons. The van der Waals surface area contributed by atoms with Crippen molar-refractivity contribution in [3.05, 3.63) is 28.8 Å². The first-order chi connectivity index (χ1) is 6.74. The molecule has 0 atom stereocenters. The highest BCUT2D eigenvalue weighted by atomic mass is 35.5. The summed E-state index contributed by atoms with van der Waals surface area (Å²) < 4.78 is 0. The van der Waals surface area contributed by atoms with E-state index in [0.717, 1.165) is 29.4 Å². The van der Waals surface area contributed by atoms with Crippen LogP contribution in [0, 0.1) is 0 Å². The molecule has 0 spiro atoms. The summed E-state index contributed by atoms with van der Waals surface area (Å²) in [5, 5.41) is 0.761. The normalized spacial score (nSPS) is 10.3. The Morgan fingerprint density at radius 3 is 2.43 bits per heavy atom. The van der Waals surface area contributed by atoms with Crippen LogP contribution < -0.4 is 10.6 Å². The topological polar surface area (TPSA) is 29.3 Å². The zero-order chi connectivity index (χ0) is 10.6. The standard InChI is InChI=1S/C11H17ClN2/c1-3-14(4-2)11-7-5-6-10(12)9(11)8-13/h5-7H,3-4,8,13H2,1-2H3. The van der Waals surface area contributed by atoms with Crippen molar-refractivity contribution >= 4 is 17.3 Å². The molecule has 0 aromatic heterocycles. The maximum atomic E-state index is 6.08. The van der Waals surface area contributed by atoms with Crippen LogP contribution in [0.3, 0.4) is 0 Å². The summed E-state index contributed by atoms with van der Waals surface area (Å²) in [6.07, 6.45) is 0. The lowest BCUT2D eigenvalue weighted by molar-refractivity contribution is 0.853. The summed E-state index contributed by atoms with van der Waals surface area (Å²) in [6.45, 7) is 6.70. The van der Waals surface area contributed by atoms with Crippen molar-refractivity contribution in [1.82, 2.24) is 0 Å². The molecule has 0 aliphatic carbocycles. The Bertz CT molecular complexity index is 295. The third kappa shape index (κ3) is 2.20.